The Morgan fingerprint density at radius 1 is 0.400 bits per heavy atom. The minimum atomic E-state index is 0.890. The molecular weight excluding hydrogens is 482 g/mol. The molecule has 0 spiro atoms. The van der Waals surface area contributed by atoms with Gasteiger partial charge in [-0.2, -0.15) is 0 Å². The van der Waals surface area contributed by atoms with Crippen LogP contribution >= 0.6 is 0 Å². The van der Waals surface area contributed by atoms with Crippen LogP contribution in [0.3, 0.4) is 0 Å². The summed E-state index contributed by atoms with van der Waals surface area (Å²) >= 11 is 0. The number of unbranched alkanes of at least 4 members (excludes halogenated alkanes) is 18. The fraction of sp³-hybridized carbons (Fsp3) is 0.795. The maximum absolute atomic E-state index is 3.46. The van der Waals surface area contributed by atoms with Crippen LogP contribution in [-0.4, -0.2) is 13.6 Å². The van der Waals surface area contributed by atoms with Crippen molar-refractivity contribution < 1.29 is 0 Å². The van der Waals surface area contributed by atoms with Gasteiger partial charge in [-0.25, -0.2) is 0 Å². The highest BCUT2D eigenvalue weighted by Crippen LogP contribution is 2.19. The third-order valence-corrected chi connectivity index (χ3v) is 8.12. The van der Waals surface area contributed by atoms with Crippen molar-refractivity contribution in [1.82, 2.24) is 5.32 Å². The standard InChI is InChI=1S/C39H73N/c1-4-6-8-10-12-14-16-18-20-22-24-26-28-30-32-34-36-39(38-40-3)37-35-33-31-29-27-25-23-21-19-17-15-13-11-9-7-5-2/h12-15,18-21,39-40H,4-11,16-17,22-38H2,1-3H3. The zero-order valence-corrected chi connectivity index (χ0v) is 27.8. The summed E-state index contributed by atoms with van der Waals surface area (Å²) in [5.41, 5.74) is 0. The maximum atomic E-state index is 3.46. The quantitative estimate of drug-likeness (QED) is 0.0643. The summed E-state index contributed by atoms with van der Waals surface area (Å²) in [5, 5.41) is 3.46. The van der Waals surface area contributed by atoms with Gasteiger partial charge in [0.05, 0.1) is 0 Å². The van der Waals surface area contributed by atoms with E-state index in [0.29, 0.717) is 0 Å². The zero-order chi connectivity index (χ0) is 29.0. The first-order valence-electron chi connectivity index (χ1n) is 18.1. The van der Waals surface area contributed by atoms with E-state index in [1.54, 1.807) is 0 Å². The Labute approximate surface area is 253 Å². The molecule has 0 saturated heterocycles. The molecule has 0 fully saturated rings. The molecule has 0 aliphatic heterocycles. The van der Waals surface area contributed by atoms with Crippen LogP contribution in [0, 0.1) is 5.92 Å². The molecule has 0 amide bonds. The average Bonchev–Trinajstić information content (AvgIpc) is 2.96. The van der Waals surface area contributed by atoms with Crippen molar-refractivity contribution in [2.45, 2.75) is 181 Å². The lowest BCUT2D eigenvalue weighted by Gasteiger charge is -2.16. The summed E-state index contributed by atoms with van der Waals surface area (Å²) in [6.45, 7) is 5.75. The van der Waals surface area contributed by atoms with E-state index >= 15 is 0 Å². The lowest BCUT2D eigenvalue weighted by atomic mass is 9.94. The number of hydrogen-bond donors (Lipinski definition) is 1. The SMILES string of the molecule is CCCCCC=CCC=CCCCCCCCCC(CCCCCCCCC=CCC=CCCCCC)CNC. The molecule has 234 valence electrons. The molecule has 0 unspecified atom stereocenters. The molecule has 0 aliphatic carbocycles. The minimum Gasteiger partial charge on any atom is -0.319 e. The molecule has 0 heterocycles. The molecule has 0 radical (unpaired) electrons. The van der Waals surface area contributed by atoms with Crippen molar-refractivity contribution in [1.29, 1.82) is 0 Å². The molecule has 0 bridgehead atoms. The summed E-state index contributed by atoms with van der Waals surface area (Å²) in [7, 11) is 2.13. The predicted molar refractivity (Wildman–Crippen MR) is 185 cm³/mol. The minimum absolute atomic E-state index is 0.890. The van der Waals surface area contributed by atoms with Crippen LogP contribution in [0.5, 0.6) is 0 Å². The van der Waals surface area contributed by atoms with Crippen LogP contribution in [0.4, 0.5) is 0 Å². The molecular formula is C39H73N. The van der Waals surface area contributed by atoms with Gasteiger partial charge < -0.3 is 5.32 Å². The van der Waals surface area contributed by atoms with E-state index in [4.69, 9.17) is 0 Å². The Morgan fingerprint density at radius 3 is 1.07 bits per heavy atom. The molecule has 0 aromatic heterocycles. The summed E-state index contributed by atoms with van der Waals surface area (Å²) in [4.78, 5) is 0. The smallest absolute Gasteiger partial charge is 0.00235 e. The number of allylic oxidation sites excluding steroid dienone is 8. The van der Waals surface area contributed by atoms with E-state index in [2.05, 4.69) is 74.8 Å². The first kappa shape index (κ1) is 38.9. The average molecular weight is 556 g/mol. The maximum Gasteiger partial charge on any atom is -0.00235 e. The number of rotatable bonds is 32. The second-order valence-corrected chi connectivity index (χ2v) is 12.2. The molecule has 0 atom stereocenters. The van der Waals surface area contributed by atoms with Crippen LogP contribution in [0.1, 0.15) is 181 Å². The van der Waals surface area contributed by atoms with Gasteiger partial charge in [0.1, 0.15) is 0 Å². The lowest BCUT2D eigenvalue weighted by Crippen LogP contribution is -2.18. The van der Waals surface area contributed by atoms with Crippen molar-refractivity contribution in [2.24, 2.45) is 5.92 Å². The lowest BCUT2D eigenvalue weighted by molar-refractivity contribution is 0.391. The van der Waals surface area contributed by atoms with Crippen molar-refractivity contribution in [3.63, 3.8) is 0 Å². The van der Waals surface area contributed by atoms with E-state index in [0.717, 1.165) is 18.8 Å². The normalized spacial score (nSPS) is 13.2. The van der Waals surface area contributed by atoms with Crippen LogP contribution in [0.15, 0.2) is 48.6 Å². The van der Waals surface area contributed by atoms with Gasteiger partial charge in [0.2, 0.25) is 0 Å². The number of hydrogen-bond acceptors (Lipinski definition) is 1. The Hall–Kier alpha value is -1.08. The fourth-order valence-electron chi connectivity index (χ4n) is 5.48. The van der Waals surface area contributed by atoms with Gasteiger partial charge in [-0.15, -0.1) is 0 Å². The largest absolute Gasteiger partial charge is 0.319 e. The first-order chi connectivity index (χ1) is 19.8. The second-order valence-electron chi connectivity index (χ2n) is 12.2. The molecule has 0 rings (SSSR count). The van der Waals surface area contributed by atoms with Crippen LogP contribution < -0.4 is 5.32 Å². The van der Waals surface area contributed by atoms with Crippen molar-refractivity contribution in [3.05, 3.63) is 48.6 Å². The topological polar surface area (TPSA) is 12.0 Å². The van der Waals surface area contributed by atoms with E-state index in [1.165, 1.54) is 161 Å². The predicted octanol–water partition coefficient (Wildman–Crippen LogP) is 13.2. The van der Waals surface area contributed by atoms with Crippen LogP contribution in [0.25, 0.3) is 0 Å². The summed E-state index contributed by atoms with van der Waals surface area (Å²) in [6.07, 6.45) is 54.1. The van der Waals surface area contributed by atoms with E-state index in [-0.39, 0.29) is 0 Å². The Kier molecular flexibility index (Phi) is 35.0. The van der Waals surface area contributed by atoms with E-state index < -0.39 is 0 Å². The van der Waals surface area contributed by atoms with Crippen molar-refractivity contribution in [3.8, 4) is 0 Å². The Morgan fingerprint density at radius 2 is 0.725 bits per heavy atom. The molecule has 1 nitrogen and oxygen atoms in total. The third kappa shape index (κ3) is 33.1. The molecule has 1 N–H and O–H groups in total. The van der Waals surface area contributed by atoms with Gasteiger partial charge in [0.25, 0.3) is 0 Å². The fourth-order valence-corrected chi connectivity index (χ4v) is 5.48. The van der Waals surface area contributed by atoms with Gasteiger partial charge in [0.15, 0.2) is 0 Å². The Bertz CT molecular complexity index is 521. The van der Waals surface area contributed by atoms with Crippen molar-refractivity contribution in [2.75, 3.05) is 13.6 Å². The highest BCUT2D eigenvalue weighted by atomic mass is 14.8. The van der Waals surface area contributed by atoms with Crippen LogP contribution in [0.2, 0.25) is 0 Å². The van der Waals surface area contributed by atoms with Gasteiger partial charge in [-0.1, -0.05) is 152 Å². The monoisotopic (exact) mass is 556 g/mol. The molecule has 0 saturated carbocycles. The molecule has 40 heavy (non-hydrogen) atoms. The van der Waals surface area contributed by atoms with Crippen LogP contribution in [-0.2, 0) is 0 Å². The van der Waals surface area contributed by atoms with Gasteiger partial charge in [0, 0.05) is 0 Å². The first-order valence-corrected chi connectivity index (χ1v) is 18.1. The zero-order valence-electron chi connectivity index (χ0n) is 27.8. The number of nitrogens with one attached hydrogen (secondary N) is 1. The molecule has 0 aromatic carbocycles. The van der Waals surface area contributed by atoms with Gasteiger partial charge in [-0.3, -0.25) is 0 Å². The highest BCUT2D eigenvalue weighted by molar-refractivity contribution is 4.93. The summed E-state index contributed by atoms with van der Waals surface area (Å²) < 4.78 is 0. The molecule has 0 aliphatic rings. The molecule has 0 aromatic rings. The molecule has 1 heteroatoms. The Balaban J connectivity index is 3.51. The second kappa shape index (κ2) is 35.9. The van der Waals surface area contributed by atoms with Crippen molar-refractivity contribution >= 4 is 0 Å². The highest BCUT2D eigenvalue weighted by Gasteiger charge is 2.07. The third-order valence-electron chi connectivity index (χ3n) is 8.12. The summed E-state index contributed by atoms with van der Waals surface area (Å²) in [5.74, 6) is 0.890. The van der Waals surface area contributed by atoms with E-state index in [9.17, 15) is 0 Å². The summed E-state index contributed by atoms with van der Waals surface area (Å²) in [6, 6.07) is 0. The van der Waals surface area contributed by atoms with E-state index in [1.807, 2.05) is 0 Å². The van der Waals surface area contributed by atoms with Gasteiger partial charge >= 0.3 is 0 Å². The van der Waals surface area contributed by atoms with Gasteiger partial charge in [-0.05, 0) is 96.6 Å².